The molecule has 0 spiro atoms. The molecule has 2 aliphatic rings. The van der Waals surface area contributed by atoms with Gasteiger partial charge in [0.25, 0.3) is 0 Å². The Kier molecular flexibility index (Phi) is 7.64. The predicted molar refractivity (Wildman–Crippen MR) is 126 cm³/mol. The standard InChI is InChI=1S/C26H30O8S/c27-21-16-20(25(29)33-17-10-4-1-5-11-17)23(28)24(35(31,32)19-14-8-3-9-15-19)22(21)26(30)34-18-12-6-2-7-13-18/h3,8-9,14-18,27-28H,1-2,4-7,10-13H2. The molecular weight excluding hydrogens is 472 g/mol. The number of phenolic OH excluding ortho intramolecular Hbond substituents is 2. The molecule has 0 amide bonds. The van der Waals surface area contributed by atoms with E-state index in [1.807, 2.05) is 0 Å². The number of carbonyl (C=O) groups is 2. The quantitative estimate of drug-likeness (QED) is 0.421. The van der Waals surface area contributed by atoms with Crippen molar-refractivity contribution in [2.45, 2.75) is 86.2 Å². The van der Waals surface area contributed by atoms with Crippen LogP contribution in [0.15, 0.2) is 46.2 Å². The fourth-order valence-electron chi connectivity index (χ4n) is 4.76. The van der Waals surface area contributed by atoms with Crippen LogP contribution in [0.2, 0.25) is 0 Å². The van der Waals surface area contributed by atoms with Crippen molar-refractivity contribution in [3.63, 3.8) is 0 Å². The number of hydrogen-bond donors (Lipinski definition) is 2. The molecule has 0 radical (unpaired) electrons. The van der Waals surface area contributed by atoms with Crippen molar-refractivity contribution >= 4 is 21.8 Å². The normalized spacial score (nSPS) is 17.6. The summed E-state index contributed by atoms with van der Waals surface area (Å²) in [6.45, 7) is 0. The van der Waals surface area contributed by atoms with E-state index in [0.717, 1.165) is 44.6 Å². The van der Waals surface area contributed by atoms with Gasteiger partial charge < -0.3 is 19.7 Å². The van der Waals surface area contributed by atoms with Crippen molar-refractivity contribution in [1.82, 2.24) is 0 Å². The number of hydrogen-bond acceptors (Lipinski definition) is 8. The molecule has 0 atom stereocenters. The van der Waals surface area contributed by atoms with Gasteiger partial charge in [0.1, 0.15) is 39.7 Å². The first kappa shape index (κ1) is 25.0. The second kappa shape index (κ2) is 10.7. The smallest absolute Gasteiger partial charge is 0.343 e. The van der Waals surface area contributed by atoms with E-state index in [1.165, 1.54) is 24.3 Å². The maximum absolute atomic E-state index is 13.6. The molecular formula is C26H30O8S. The van der Waals surface area contributed by atoms with E-state index < -0.39 is 55.4 Å². The SMILES string of the molecule is O=C(OC1CCCCC1)c1cc(O)c(C(=O)OC2CCCCC2)c(S(=O)(=O)c2ccccc2)c1O. The van der Waals surface area contributed by atoms with Crippen LogP contribution < -0.4 is 0 Å². The summed E-state index contributed by atoms with van der Waals surface area (Å²) in [4.78, 5) is 24.9. The molecule has 35 heavy (non-hydrogen) atoms. The molecule has 2 aliphatic carbocycles. The van der Waals surface area contributed by atoms with E-state index in [4.69, 9.17) is 9.47 Å². The van der Waals surface area contributed by atoms with Gasteiger partial charge in [0.15, 0.2) is 0 Å². The molecule has 4 rings (SSSR count). The minimum Gasteiger partial charge on any atom is -0.507 e. The van der Waals surface area contributed by atoms with Crippen LogP contribution in [0.5, 0.6) is 11.5 Å². The lowest BCUT2D eigenvalue weighted by Gasteiger charge is -2.24. The molecule has 8 nitrogen and oxygen atoms in total. The predicted octanol–water partition coefficient (Wildman–Crippen LogP) is 4.91. The van der Waals surface area contributed by atoms with Crippen molar-refractivity contribution in [1.29, 1.82) is 0 Å². The lowest BCUT2D eigenvalue weighted by atomic mass is 9.97. The van der Waals surface area contributed by atoms with Gasteiger partial charge in [-0.15, -0.1) is 0 Å². The van der Waals surface area contributed by atoms with E-state index >= 15 is 0 Å². The molecule has 0 aromatic heterocycles. The maximum Gasteiger partial charge on any atom is 0.343 e. The van der Waals surface area contributed by atoms with E-state index in [-0.39, 0.29) is 11.0 Å². The van der Waals surface area contributed by atoms with Crippen LogP contribution in [-0.4, -0.2) is 42.8 Å². The van der Waals surface area contributed by atoms with Crippen LogP contribution in [0, 0.1) is 0 Å². The van der Waals surface area contributed by atoms with E-state index in [9.17, 15) is 28.2 Å². The van der Waals surface area contributed by atoms with Crippen LogP contribution in [0.1, 0.15) is 84.9 Å². The highest BCUT2D eigenvalue weighted by molar-refractivity contribution is 7.91. The van der Waals surface area contributed by atoms with Crippen LogP contribution in [0.25, 0.3) is 0 Å². The molecule has 0 aliphatic heterocycles. The van der Waals surface area contributed by atoms with Gasteiger partial charge in [-0.1, -0.05) is 31.0 Å². The Hall–Kier alpha value is -3.07. The van der Waals surface area contributed by atoms with E-state index in [0.29, 0.717) is 25.7 Å². The first-order chi connectivity index (χ1) is 16.8. The van der Waals surface area contributed by atoms with Crippen molar-refractivity contribution in [3.8, 4) is 11.5 Å². The highest BCUT2D eigenvalue weighted by Crippen LogP contribution is 2.41. The van der Waals surface area contributed by atoms with Crippen LogP contribution >= 0.6 is 0 Å². The number of phenols is 2. The van der Waals surface area contributed by atoms with Crippen molar-refractivity contribution < 1.29 is 37.7 Å². The fourth-order valence-corrected chi connectivity index (χ4v) is 6.33. The maximum atomic E-state index is 13.6. The Balaban J connectivity index is 1.78. The summed E-state index contributed by atoms with van der Waals surface area (Å²) in [6.07, 6.45) is 7.41. The highest BCUT2D eigenvalue weighted by Gasteiger charge is 2.36. The Morgan fingerprint density at radius 1 is 0.771 bits per heavy atom. The topological polar surface area (TPSA) is 127 Å². The molecule has 0 unspecified atom stereocenters. The summed E-state index contributed by atoms with van der Waals surface area (Å²) in [5.74, 6) is -3.73. The molecule has 2 aromatic rings. The summed E-state index contributed by atoms with van der Waals surface area (Å²) in [5, 5.41) is 21.8. The summed E-state index contributed by atoms with van der Waals surface area (Å²) < 4.78 is 38.1. The molecule has 9 heteroatoms. The molecule has 0 heterocycles. The zero-order chi connectivity index (χ0) is 25.0. The molecule has 2 saturated carbocycles. The number of aromatic hydroxyl groups is 2. The monoisotopic (exact) mass is 502 g/mol. The number of esters is 2. The molecule has 2 aromatic carbocycles. The average Bonchev–Trinajstić information content (AvgIpc) is 2.86. The van der Waals surface area contributed by atoms with Gasteiger partial charge in [-0.05, 0) is 69.6 Å². The molecule has 2 fully saturated rings. The lowest BCUT2D eigenvalue weighted by molar-refractivity contribution is 0.0186. The third-order valence-corrected chi connectivity index (χ3v) is 8.46. The summed E-state index contributed by atoms with van der Waals surface area (Å²) in [7, 11) is -4.52. The van der Waals surface area contributed by atoms with Gasteiger partial charge in [-0.3, -0.25) is 0 Å². The highest BCUT2D eigenvalue weighted by atomic mass is 32.2. The zero-order valence-corrected chi connectivity index (χ0v) is 20.3. The van der Waals surface area contributed by atoms with Gasteiger partial charge in [-0.2, -0.15) is 0 Å². The van der Waals surface area contributed by atoms with Crippen LogP contribution in [0.4, 0.5) is 0 Å². The molecule has 2 N–H and O–H groups in total. The Morgan fingerprint density at radius 3 is 1.83 bits per heavy atom. The van der Waals surface area contributed by atoms with Gasteiger partial charge in [0.05, 0.1) is 4.90 Å². The number of sulfone groups is 1. The molecule has 0 bridgehead atoms. The number of rotatable bonds is 6. The fraction of sp³-hybridized carbons (Fsp3) is 0.462. The minimum absolute atomic E-state index is 0.209. The summed E-state index contributed by atoms with van der Waals surface area (Å²) in [5.41, 5.74) is -1.21. The Labute approximate surface area is 204 Å². The Morgan fingerprint density at radius 2 is 1.29 bits per heavy atom. The van der Waals surface area contributed by atoms with E-state index in [1.54, 1.807) is 6.07 Å². The number of carbonyl (C=O) groups excluding carboxylic acids is 2. The molecule has 188 valence electrons. The largest absolute Gasteiger partial charge is 0.507 e. The first-order valence-electron chi connectivity index (χ1n) is 12.1. The van der Waals surface area contributed by atoms with Gasteiger partial charge in [-0.25, -0.2) is 18.0 Å². The molecule has 0 saturated heterocycles. The van der Waals surface area contributed by atoms with E-state index in [2.05, 4.69) is 0 Å². The summed E-state index contributed by atoms with van der Waals surface area (Å²) in [6, 6.07) is 8.08. The number of benzene rings is 2. The van der Waals surface area contributed by atoms with Crippen molar-refractivity contribution in [3.05, 3.63) is 47.5 Å². The second-order valence-electron chi connectivity index (χ2n) is 9.14. The van der Waals surface area contributed by atoms with Gasteiger partial charge >= 0.3 is 11.9 Å². The van der Waals surface area contributed by atoms with Crippen molar-refractivity contribution in [2.24, 2.45) is 0 Å². The Bertz CT molecular complexity index is 1180. The van der Waals surface area contributed by atoms with Gasteiger partial charge in [0.2, 0.25) is 9.84 Å². The first-order valence-corrected chi connectivity index (χ1v) is 13.6. The zero-order valence-electron chi connectivity index (χ0n) is 19.4. The number of ether oxygens (including phenoxy) is 2. The second-order valence-corrected chi connectivity index (χ2v) is 11.0. The van der Waals surface area contributed by atoms with Crippen LogP contribution in [0.3, 0.4) is 0 Å². The average molecular weight is 503 g/mol. The summed E-state index contributed by atoms with van der Waals surface area (Å²) >= 11 is 0. The van der Waals surface area contributed by atoms with Crippen LogP contribution in [-0.2, 0) is 19.3 Å². The third-order valence-electron chi connectivity index (χ3n) is 6.63. The van der Waals surface area contributed by atoms with Gasteiger partial charge in [0, 0.05) is 0 Å². The minimum atomic E-state index is -4.52. The lowest BCUT2D eigenvalue weighted by Crippen LogP contribution is -2.24. The third kappa shape index (κ3) is 5.45. The van der Waals surface area contributed by atoms with Crippen molar-refractivity contribution in [2.75, 3.05) is 0 Å².